The van der Waals surface area contributed by atoms with Gasteiger partial charge in [0.1, 0.15) is 0 Å². The highest BCUT2D eigenvalue weighted by Gasteiger charge is 2.17. The van der Waals surface area contributed by atoms with E-state index in [-0.39, 0.29) is 28.5 Å². The Labute approximate surface area is 215 Å². The van der Waals surface area contributed by atoms with Crippen LogP contribution in [0.5, 0.6) is 0 Å². The van der Waals surface area contributed by atoms with Crippen molar-refractivity contribution in [2.24, 2.45) is 0 Å². The Kier molecular flexibility index (Phi) is 7.49. The number of hydrogen-bond acceptors (Lipinski definition) is 6. The zero-order valence-electron chi connectivity index (χ0n) is 19.6. The van der Waals surface area contributed by atoms with Gasteiger partial charge in [0.2, 0.25) is 5.91 Å². The van der Waals surface area contributed by atoms with E-state index in [1.807, 2.05) is 0 Å². The molecule has 0 aliphatic rings. The standard InChI is InChI=1S/C27H21N3O6S/c1-16-8-11-19(30(35)36)14-23(16)29-24(31)15-37-20-12-9-18(10-13-20)28-26(32)21-6-2-4-17-5-3-7-22(25(17)21)27(33)34/h2-14H,15H2,1H3,(H,28,32)(H,29,31)(H,33,34). The first kappa shape index (κ1) is 25.4. The number of non-ortho nitro benzene ring substituents is 1. The van der Waals surface area contributed by atoms with E-state index in [2.05, 4.69) is 10.6 Å². The first-order valence-corrected chi connectivity index (χ1v) is 12.1. The van der Waals surface area contributed by atoms with Gasteiger partial charge in [0.05, 0.1) is 21.9 Å². The topological polar surface area (TPSA) is 139 Å². The lowest BCUT2D eigenvalue weighted by atomic mass is 9.98. The van der Waals surface area contributed by atoms with Crippen LogP contribution >= 0.6 is 11.8 Å². The highest BCUT2D eigenvalue weighted by atomic mass is 32.2. The van der Waals surface area contributed by atoms with Crippen molar-refractivity contribution >= 4 is 57.4 Å². The van der Waals surface area contributed by atoms with Gasteiger partial charge in [-0.2, -0.15) is 0 Å². The van der Waals surface area contributed by atoms with Crippen molar-refractivity contribution in [2.75, 3.05) is 16.4 Å². The number of nitrogens with one attached hydrogen (secondary N) is 2. The molecule has 0 aromatic heterocycles. The summed E-state index contributed by atoms with van der Waals surface area (Å²) in [6, 6.07) is 21.0. The van der Waals surface area contributed by atoms with Gasteiger partial charge in [0, 0.05) is 33.7 Å². The summed E-state index contributed by atoms with van der Waals surface area (Å²) in [7, 11) is 0. The Balaban J connectivity index is 1.40. The number of nitrogens with zero attached hydrogens (tertiary/aromatic N) is 1. The Morgan fingerprint density at radius 2 is 1.59 bits per heavy atom. The Bertz CT molecular complexity index is 1530. The summed E-state index contributed by atoms with van der Waals surface area (Å²) < 4.78 is 0. The molecule has 4 rings (SSSR count). The van der Waals surface area contributed by atoms with Gasteiger partial charge in [0.25, 0.3) is 11.6 Å². The normalized spacial score (nSPS) is 10.6. The monoisotopic (exact) mass is 515 g/mol. The van der Waals surface area contributed by atoms with Crippen molar-refractivity contribution in [3.63, 3.8) is 0 Å². The van der Waals surface area contributed by atoms with Gasteiger partial charge >= 0.3 is 5.97 Å². The molecule has 186 valence electrons. The highest BCUT2D eigenvalue weighted by molar-refractivity contribution is 8.00. The van der Waals surface area contributed by atoms with E-state index >= 15 is 0 Å². The van der Waals surface area contributed by atoms with Crippen LogP contribution in [0.3, 0.4) is 0 Å². The molecule has 4 aromatic rings. The molecule has 0 spiro atoms. The largest absolute Gasteiger partial charge is 0.478 e. The first-order chi connectivity index (χ1) is 17.7. The number of rotatable bonds is 8. The van der Waals surface area contributed by atoms with Crippen LogP contribution in [-0.4, -0.2) is 33.6 Å². The van der Waals surface area contributed by atoms with Crippen molar-refractivity contribution in [1.82, 2.24) is 0 Å². The van der Waals surface area contributed by atoms with Crippen LogP contribution in [-0.2, 0) is 4.79 Å². The number of hydrogen-bond donors (Lipinski definition) is 3. The van der Waals surface area contributed by atoms with Crippen LogP contribution in [0.4, 0.5) is 17.1 Å². The van der Waals surface area contributed by atoms with Gasteiger partial charge in [0.15, 0.2) is 0 Å². The third-order valence-corrected chi connectivity index (χ3v) is 6.58. The van der Waals surface area contributed by atoms with E-state index in [9.17, 15) is 29.6 Å². The summed E-state index contributed by atoms with van der Waals surface area (Å²) >= 11 is 1.27. The summed E-state index contributed by atoms with van der Waals surface area (Å²) in [5.41, 5.74) is 1.81. The fourth-order valence-corrected chi connectivity index (χ4v) is 4.43. The number of carboxylic acids is 1. The van der Waals surface area contributed by atoms with E-state index in [1.165, 1.54) is 30.0 Å². The van der Waals surface area contributed by atoms with Gasteiger partial charge in [-0.25, -0.2) is 4.79 Å². The van der Waals surface area contributed by atoms with Crippen molar-refractivity contribution in [3.8, 4) is 0 Å². The first-order valence-electron chi connectivity index (χ1n) is 11.1. The van der Waals surface area contributed by atoms with Crippen LogP contribution in [0.2, 0.25) is 0 Å². The Hall–Kier alpha value is -4.70. The van der Waals surface area contributed by atoms with Crippen LogP contribution in [0.25, 0.3) is 10.8 Å². The number of carbonyl (C=O) groups is 3. The number of thioether (sulfide) groups is 1. The van der Waals surface area contributed by atoms with E-state index in [0.29, 0.717) is 27.7 Å². The Morgan fingerprint density at radius 1 is 0.919 bits per heavy atom. The lowest BCUT2D eigenvalue weighted by Crippen LogP contribution is -2.15. The zero-order chi connectivity index (χ0) is 26.5. The average Bonchev–Trinajstić information content (AvgIpc) is 2.88. The molecular formula is C27H21N3O6S. The molecule has 3 N–H and O–H groups in total. The average molecular weight is 516 g/mol. The van der Waals surface area contributed by atoms with Gasteiger partial charge in [-0.3, -0.25) is 19.7 Å². The maximum Gasteiger partial charge on any atom is 0.336 e. The molecule has 37 heavy (non-hydrogen) atoms. The van der Waals surface area contributed by atoms with Crippen LogP contribution in [0.1, 0.15) is 26.3 Å². The summed E-state index contributed by atoms with van der Waals surface area (Å²) in [6.45, 7) is 1.75. The van der Waals surface area contributed by atoms with Crippen molar-refractivity contribution in [3.05, 3.63) is 106 Å². The zero-order valence-corrected chi connectivity index (χ0v) is 20.4. The molecule has 0 aliphatic carbocycles. The molecule has 0 saturated heterocycles. The third kappa shape index (κ3) is 5.93. The molecule has 0 aliphatic heterocycles. The number of nitro benzene ring substituents is 1. The number of aryl methyl sites for hydroxylation is 1. The molecule has 0 saturated carbocycles. The number of aromatic carboxylic acids is 1. The number of fused-ring (bicyclic) bond motifs is 1. The number of benzene rings is 4. The molecule has 0 atom stereocenters. The predicted molar refractivity (Wildman–Crippen MR) is 142 cm³/mol. The minimum absolute atomic E-state index is 0.0496. The van der Waals surface area contributed by atoms with Gasteiger partial charge in [-0.15, -0.1) is 11.8 Å². The summed E-state index contributed by atoms with van der Waals surface area (Å²) in [6.07, 6.45) is 0. The Morgan fingerprint density at radius 3 is 2.24 bits per heavy atom. The van der Waals surface area contributed by atoms with Crippen LogP contribution in [0.15, 0.2) is 83.8 Å². The minimum atomic E-state index is -1.11. The van der Waals surface area contributed by atoms with Crippen molar-refractivity contribution in [2.45, 2.75) is 11.8 Å². The third-order valence-electron chi connectivity index (χ3n) is 5.57. The second-order valence-corrected chi connectivity index (χ2v) is 9.13. The molecule has 0 radical (unpaired) electrons. The van der Waals surface area contributed by atoms with E-state index in [1.54, 1.807) is 67.6 Å². The second kappa shape index (κ2) is 10.9. The summed E-state index contributed by atoms with van der Waals surface area (Å²) in [4.78, 5) is 48.2. The fraction of sp³-hybridized carbons (Fsp3) is 0.0741. The lowest BCUT2D eigenvalue weighted by molar-refractivity contribution is -0.384. The maximum atomic E-state index is 13.0. The fourth-order valence-electron chi connectivity index (χ4n) is 3.73. The van der Waals surface area contributed by atoms with E-state index in [4.69, 9.17) is 0 Å². The smallest absolute Gasteiger partial charge is 0.336 e. The van der Waals surface area contributed by atoms with Gasteiger partial charge in [-0.1, -0.05) is 30.3 Å². The molecule has 9 nitrogen and oxygen atoms in total. The van der Waals surface area contributed by atoms with Gasteiger partial charge < -0.3 is 15.7 Å². The minimum Gasteiger partial charge on any atom is -0.478 e. The number of amides is 2. The number of anilines is 2. The van der Waals surface area contributed by atoms with E-state index in [0.717, 1.165) is 4.90 Å². The van der Waals surface area contributed by atoms with Gasteiger partial charge in [-0.05, 0) is 54.3 Å². The van der Waals surface area contributed by atoms with E-state index < -0.39 is 16.8 Å². The quantitative estimate of drug-likeness (QED) is 0.155. The number of carboxylic acid groups (broad SMARTS) is 1. The van der Waals surface area contributed by atoms with Crippen molar-refractivity contribution in [1.29, 1.82) is 0 Å². The SMILES string of the molecule is Cc1ccc([N+](=O)[O-])cc1NC(=O)CSc1ccc(NC(=O)c2cccc3cccc(C(=O)O)c23)cc1. The molecule has 0 unspecified atom stereocenters. The number of carbonyl (C=O) groups excluding carboxylic acids is 2. The van der Waals surface area contributed by atoms with Crippen molar-refractivity contribution < 1.29 is 24.4 Å². The number of nitro groups is 1. The predicted octanol–water partition coefficient (Wildman–Crippen LogP) is 5.74. The molecule has 4 aromatic carbocycles. The van der Waals surface area contributed by atoms with Crippen LogP contribution in [0, 0.1) is 17.0 Å². The summed E-state index contributed by atoms with van der Waals surface area (Å²) in [5, 5.41) is 27.0. The molecular weight excluding hydrogens is 494 g/mol. The molecule has 2 amide bonds. The lowest BCUT2D eigenvalue weighted by Gasteiger charge is -2.11. The molecule has 0 fully saturated rings. The van der Waals surface area contributed by atoms with Crippen LogP contribution < -0.4 is 10.6 Å². The molecule has 0 heterocycles. The maximum absolute atomic E-state index is 13.0. The molecule has 10 heteroatoms. The summed E-state index contributed by atoms with van der Waals surface area (Å²) in [5.74, 6) is -1.78. The highest BCUT2D eigenvalue weighted by Crippen LogP contribution is 2.26. The second-order valence-electron chi connectivity index (χ2n) is 8.09. The molecule has 0 bridgehead atoms.